The number of benzene rings is 1. The number of aryl methyl sites for hydroxylation is 1. The van der Waals surface area contributed by atoms with Crippen molar-refractivity contribution >= 4 is 17.4 Å². The van der Waals surface area contributed by atoms with Crippen molar-refractivity contribution in [3.05, 3.63) is 63.9 Å². The molecule has 0 spiro atoms. The van der Waals surface area contributed by atoms with E-state index in [1.54, 1.807) is 30.5 Å². The Morgan fingerprint density at radius 3 is 2.67 bits per heavy atom. The number of nitrogens with two attached hydrogens (primary N) is 1. The van der Waals surface area contributed by atoms with Crippen LogP contribution in [0.3, 0.4) is 0 Å². The standard InChI is InChI=1S/C14H13ClN2O/c1-9-2-3-10(7-13(9)15)14(18)11-4-5-17-12(6-11)8-16/h2-7H,8,16H2,1H3. The zero-order valence-electron chi connectivity index (χ0n) is 9.98. The molecule has 0 saturated carbocycles. The van der Waals surface area contributed by atoms with Crippen LogP contribution in [0.5, 0.6) is 0 Å². The monoisotopic (exact) mass is 260 g/mol. The Bertz CT molecular complexity index is 596. The summed E-state index contributed by atoms with van der Waals surface area (Å²) in [5.74, 6) is -0.0750. The number of hydrogen-bond donors (Lipinski definition) is 1. The van der Waals surface area contributed by atoms with Gasteiger partial charge in [-0.05, 0) is 30.7 Å². The van der Waals surface area contributed by atoms with Gasteiger partial charge < -0.3 is 5.73 Å². The molecule has 0 saturated heterocycles. The Labute approximate surface area is 111 Å². The summed E-state index contributed by atoms with van der Waals surface area (Å²) in [5, 5.41) is 0.592. The molecular weight excluding hydrogens is 248 g/mol. The number of carbonyl (C=O) groups excluding carboxylic acids is 1. The topological polar surface area (TPSA) is 56.0 Å². The van der Waals surface area contributed by atoms with Crippen LogP contribution in [0.4, 0.5) is 0 Å². The summed E-state index contributed by atoms with van der Waals surface area (Å²) in [6.45, 7) is 2.21. The molecule has 92 valence electrons. The van der Waals surface area contributed by atoms with Crippen LogP contribution >= 0.6 is 11.6 Å². The third kappa shape index (κ3) is 2.58. The van der Waals surface area contributed by atoms with E-state index in [0.717, 1.165) is 5.56 Å². The average molecular weight is 261 g/mol. The molecule has 1 aromatic heterocycles. The maximum absolute atomic E-state index is 12.3. The van der Waals surface area contributed by atoms with Gasteiger partial charge in [-0.1, -0.05) is 23.7 Å². The Kier molecular flexibility index (Phi) is 3.75. The summed E-state index contributed by atoms with van der Waals surface area (Å²) in [4.78, 5) is 16.3. The molecule has 0 amide bonds. The lowest BCUT2D eigenvalue weighted by molar-refractivity contribution is 0.103. The lowest BCUT2D eigenvalue weighted by atomic mass is 10.0. The molecule has 1 aromatic carbocycles. The summed E-state index contributed by atoms with van der Waals surface area (Å²) >= 11 is 6.02. The smallest absolute Gasteiger partial charge is 0.193 e. The van der Waals surface area contributed by atoms with Gasteiger partial charge in [0.05, 0.1) is 5.69 Å². The second-order valence-electron chi connectivity index (χ2n) is 4.03. The third-order valence-electron chi connectivity index (χ3n) is 2.72. The molecule has 0 unspecified atom stereocenters. The number of carbonyl (C=O) groups is 1. The van der Waals surface area contributed by atoms with Crippen LogP contribution in [0.2, 0.25) is 5.02 Å². The van der Waals surface area contributed by atoms with Gasteiger partial charge in [0.25, 0.3) is 0 Å². The van der Waals surface area contributed by atoms with E-state index in [1.165, 1.54) is 0 Å². The number of aromatic nitrogens is 1. The van der Waals surface area contributed by atoms with E-state index in [2.05, 4.69) is 4.98 Å². The zero-order valence-corrected chi connectivity index (χ0v) is 10.7. The van der Waals surface area contributed by atoms with Gasteiger partial charge in [-0.15, -0.1) is 0 Å². The van der Waals surface area contributed by atoms with Crippen LogP contribution in [-0.2, 0) is 6.54 Å². The van der Waals surface area contributed by atoms with Gasteiger partial charge in [0.1, 0.15) is 0 Å². The molecule has 2 rings (SSSR count). The van der Waals surface area contributed by atoms with Gasteiger partial charge in [-0.25, -0.2) is 0 Å². The van der Waals surface area contributed by atoms with Crippen LogP contribution in [-0.4, -0.2) is 10.8 Å². The first kappa shape index (κ1) is 12.7. The van der Waals surface area contributed by atoms with Gasteiger partial charge in [-0.3, -0.25) is 9.78 Å². The molecule has 0 aliphatic heterocycles. The number of hydrogen-bond acceptors (Lipinski definition) is 3. The van der Waals surface area contributed by atoms with Crippen molar-refractivity contribution in [3.8, 4) is 0 Å². The predicted molar refractivity (Wildman–Crippen MR) is 71.7 cm³/mol. The minimum absolute atomic E-state index is 0.0750. The van der Waals surface area contributed by atoms with Crippen molar-refractivity contribution in [2.24, 2.45) is 5.73 Å². The van der Waals surface area contributed by atoms with Crippen LogP contribution in [0.25, 0.3) is 0 Å². The highest BCUT2D eigenvalue weighted by molar-refractivity contribution is 6.31. The first-order chi connectivity index (χ1) is 8.61. The minimum Gasteiger partial charge on any atom is -0.325 e. The van der Waals surface area contributed by atoms with Gasteiger partial charge in [0.2, 0.25) is 0 Å². The number of rotatable bonds is 3. The van der Waals surface area contributed by atoms with Gasteiger partial charge in [0.15, 0.2) is 5.78 Å². The van der Waals surface area contributed by atoms with E-state index >= 15 is 0 Å². The van der Waals surface area contributed by atoms with Crippen molar-refractivity contribution in [2.45, 2.75) is 13.5 Å². The van der Waals surface area contributed by atoms with E-state index in [0.29, 0.717) is 28.4 Å². The fraction of sp³-hybridized carbons (Fsp3) is 0.143. The zero-order chi connectivity index (χ0) is 13.1. The minimum atomic E-state index is -0.0750. The SMILES string of the molecule is Cc1ccc(C(=O)c2ccnc(CN)c2)cc1Cl. The highest BCUT2D eigenvalue weighted by Gasteiger charge is 2.10. The van der Waals surface area contributed by atoms with Gasteiger partial charge in [-0.2, -0.15) is 0 Å². The Hall–Kier alpha value is -1.71. The summed E-state index contributed by atoms with van der Waals surface area (Å²) in [6, 6.07) is 8.67. The molecule has 0 bridgehead atoms. The summed E-state index contributed by atoms with van der Waals surface area (Å²) < 4.78 is 0. The molecule has 0 radical (unpaired) electrons. The van der Waals surface area contributed by atoms with Crippen molar-refractivity contribution in [1.82, 2.24) is 4.98 Å². The summed E-state index contributed by atoms with van der Waals surface area (Å²) in [6.07, 6.45) is 1.59. The molecule has 2 N–H and O–H groups in total. The van der Waals surface area contributed by atoms with E-state index < -0.39 is 0 Å². The summed E-state index contributed by atoms with van der Waals surface area (Å²) in [5.41, 5.74) is 8.29. The highest BCUT2D eigenvalue weighted by Crippen LogP contribution is 2.19. The maximum atomic E-state index is 12.3. The molecule has 18 heavy (non-hydrogen) atoms. The fourth-order valence-electron chi connectivity index (χ4n) is 1.63. The maximum Gasteiger partial charge on any atom is 0.193 e. The summed E-state index contributed by atoms with van der Waals surface area (Å²) in [7, 11) is 0. The van der Waals surface area contributed by atoms with Crippen molar-refractivity contribution in [1.29, 1.82) is 0 Å². The molecule has 4 heteroatoms. The number of halogens is 1. The quantitative estimate of drug-likeness (QED) is 0.864. The fourth-order valence-corrected chi connectivity index (χ4v) is 1.81. The molecule has 0 aliphatic carbocycles. The van der Waals surface area contributed by atoms with Crippen LogP contribution in [0.1, 0.15) is 27.2 Å². The molecule has 0 atom stereocenters. The average Bonchev–Trinajstić information content (AvgIpc) is 2.41. The first-order valence-corrected chi connectivity index (χ1v) is 5.95. The Morgan fingerprint density at radius 1 is 1.28 bits per heavy atom. The molecule has 2 aromatic rings. The number of nitrogens with zero attached hydrogens (tertiary/aromatic N) is 1. The molecule has 1 heterocycles. The van der Waals surface area contributed by atoms with E-state index in [-0.39, 0.29) is 5.78 Å². The van der Waals surface area contributed by atoms with Crippen LogP contribution < -0.4 is 5.73 Å². The molecule has 3 nitrogen and oxygen atoms in total. The van der Waals surface area contributed by atoms with E-state index in [1.807, 2.05) is 13.0 Å². The largest absolute Gasteiger partial charge is 0.325 e. The number of pyridine rings is 1. The second-order valence-corrected chi connectivity index (χ2v) is 4.44. The Morgan fingerprint density at radius 2 is 2.00 bits per heavy atom. The first-order valence-electron chi connectivity index (χ1n) is 5.57. The predicted octanol–water partition coefficient (Wildman–Crippen LogP) is 2.73. The third-order valence-corrected chi connectivity index (χ3v) is 3.13. The van der Waals surface area contributed by atoms with Crippen molar-refractivity contribution < 1.29 is 4.79 Å². The van der Waals surface area contributed by atoms with Gasteiger partial charge in [0, 0.05) is 28.9 Å². The molecule has 0 fully saturated rings. The molecule has 0 aliphatic rings. The van der Waals surface area contributed by atoms with Crippen molar-refractivity contribution in [3.63, 3.8) is 0 Å². The van der Waals surface area contributed by atoms with Gasteiger partial charge >= 0.3 is 0 Å². The Balaban J connectivity index is 2.38. The van der Waals surface area contributed by atoms with Crippen LogP contribution in [0, 0.1) is 6.92 Å². The van der Waals surface area contributed by atoms with E-state index in [4.69, 9.17) is 17.3 Å². The lowest BCUT2D eigenvalue weighted by Crippen LogP contribution is -2.05. The van der Waals surface area contributed by atoms with E-state index in [9.17, 15) is 4.79 Å². The molecular formula is C14H13ClN2O. The second kappa shape index (κ2) is 5.29. The van der Waals surface area contributed by atoms with Crippen LogP contribution in [0.15, 0.2) is 36.5 Å². The van der Waals surface area contributed by atoms with Crippen molar-refractivity contribution in [2.75, 3.05) is 0 Å². The highest BCUT2D eigenvalue weighted by atomic mass is 35.5. The lowest BCUT2D eigenvalue weighted by Gasteiger charge is -2.04. The number of ketones is 1. The normalized spacial score (nSPS) is 10.4.